The smallest absolute Gasteiger partial charge is 0.226 e. The van der Waals surface area contributed by atoms with Crippen molar-refractivity contribution in [3.05, 3.63) is 117 Å². The van der Waals surface area contributed by atoms with Crippen molar-refractivity contribution in [3.8, 4) is 6.07 Å². The van der Waals surface area contributed by atoms with E-state index in [1.165, 1.54) is 5.56 Å². The van der Waals surface area contributed by atoms with E-state index in [1.807, 2.05) is 59.7 Å². The molecule has 7 nitrogen and oxygen atoms in total. The zero-order chi connectivity index (χ0) is 29.4. The van der Waals surface area contributed by atoms with Crippen LogP contribution in [0.15, 0.2) is 73.2 Å². The van der Waals surface area contributed by atoms with Crippen molar-refractivity contribution in [1.82, 2.24) is 19.8 Å². The van der Waals surface area contributed by atoms with Crippen LogP contribution < -0.4 is 10.6 Å². The first-order valence-corrected chi connectivity index (χ1v) is 14.2. The molecule has 3 aromatic carbocycles. The van der Waals surface area contributed by atoms with Crippen molar-refractivity contribution in [2.45, 2.75) is 33.4 Å². The van der Waals surface area contributed by atoms with Crippen molar-refractivity contribution >= 4 is 52.1 Å². The first-order valence-electron chi connectivity index (χ1n) is 13.0. The van der Waals surface area contributed by atoms with Gasteiger partial charge < -0.3 is 20.1 Å². The van der Waals surface area contributed by atoms with Gasteiger partial charge in [-0.2, -0.15) is 5.26 Å². The molecule has 0 fully saturated rings. The van der Waals surface area contributed by atoms with Crippen LogP contribution in [0.2, 0.25) is 10.0 Å². The number of thiocarbonyl (C=S) groups is 1. The molecule has 2 N–H and O–H groups in total. The lowest BCUT2D eigenvalue weighted by atomic mass is 10.1. The number of hydrogen-bond acceptors (Lipinski definition) is 4. The molecule has 0 radical (unpaired) electrons. The molecule has 0 saturated carbocycles. The number of aryl methyl sites for hydroxylation is 2. The number of halogens is 2. The molecule has 1 aromatic heterocycles. The highest BCUT2D eigenvalue weighted by molar-refractivity contribution is 7.80. The van der Waals surface area contributed by atoms with Crippen molar-refractivity contribution in [1.29, 1.82) is 5.26 Å². The highest BCUT2D eigenvalue weighted by Crippen LogP contribution is 2.27. The van der Waals surface area contributed by atoms with Gasteiger partial charge in [-0.1, -0.05) is 65.2 Å². The molecule has 0 spiro atoms. The minimum Gasteiger partial charge on any atom is -0.354 e. The molecule has 0 unspecified atom stereocenters. The van der Waals surface area contributed by atoms with E-state index in [9.17, 15) is 4.79 Å². The van der Waals surface area contributed by atoms with Gasteiger partial charge in [0.25, 0.3) is 0 Å². The van der Waals surface area contributed by atoms with E-state index < -0.39 is 0 Å². The van der Waals surface area contributed by atoms with Crippen LogP contribution in [0.3, 0.4) is 0 Å². The third kappa shape index (κ3) is 8.30. The Labute approximate surface area is 255 Å². The third-order valence-corrected chi connectivity index (χ3v) is 7.80. The number of nitrogens with one attached hydrogen (secondary N) is 2. The van der Waals surface area contributed by atoms with E-state index in [1.54, 1.807) is 30.7 Å². The fourth-order valence-corrected chi connectivity index (χ4v) is 5.00. The molecule has 0 atom stereocenters. The minimum atomic E-state index is -0.124. The second-order valence-electron chi connectivity index (χ2n) is 9.73. The van der Waals surface area contributed by atoms with E-state index in [0.717, 1.165) is 28.1 Å². The largest absolute Gasteiger partial charge is 0.354 e. The lowest BCUT2D eigenvalue weighted by Crippen LogP contribution is -2.40. The number of carbonyl (C=O) groups is 1. The maximum Gasteiger partial charge on any atom is 0.226 e. The van der Waals surface area contributed by atoms with Gasteiger partial charge in [0.05, 0.1) is 34.4 Å². The molecule has 0 aliphatic rings. The predicted molar refractivity (Wildman–Crippen MR) is 168 cm³/mol. The van der Waals surface area contributed by atoms with Gasteiger partial charge >= 0.3 is 0 Å². The number of aromatic nitrogens is 2. The second-order valence-corrected chi connectivity index (χ2v) is 10.9. The standard InChI is InChI=1S/C31H30Cl2N6OS/c1-21-6-11-28(22(2)14-21)37-31(41)38(19-25-4-3-5-27(32)30(25)33)13-12-36-29(40)15-26-17-35-20-39(26)18-24-9-7-23(16-34)8-10-24/h3-11,14,17,20H,12-13,15,18-19H2,1-2H3,(H,36,40)(H,37,41). The monoisotopic (exact) mass is 604 g/mol. The third-order valence-electron chi connectivity index (χ3n) is 6.58. The normalized spacial score (nSPS) is 10.6. The molecule has 1 heterocycles. The van der Waals surface area contributed by atoms with Gasteiger partial charge in [-0.05, 0) is 67.0 Å². The Bertz CT molecular complexity index is 1580. The van der Waals surface area contributed by atoms with Crippen LogP contribution in [-0.2, 0) is 24.3 Å². The summed E-state index contributed by atoms with van der Waals surface area (Å²) in [4.78, 5) is 19.1. The second kappa shape index (κ2) is 14.1. The molecule has 4 rings (SSSR count). The summed E-state index contributed by atoms with van der Waals surface area (Å²) < 4.78 is 1.93. The Morgan fingerprint density at radius 1 is 1.12 bits per heavy atom. The molecule has 10 heteroatoms. The lowest BCUT2D eigenvalue weighted by Gasteiger charge is -2.27. The summed E-state index contributed by atoms with van der Waals surface area (Å²) in [7, 11) is 0. The summed E-state index contributed by atoms with van der Waals surface area (Å²) >= 11 is 18.5. The molecule has 4 aromatic rings. The Balaban J connectivity index is 1.39. The maximum atomic E-state index is 12.9. The van der Waals surface area contributed by atoms with Crippen molar-refractivity contribution < 1.29 is 4.79 Å². The molecular formula is C31H30Cl2N6OS. The van der Waals surface area contributed by atoms with Crippen LogP contribution in [0.1, 0.15) is 33.5 Å². The summed E-state index contributed by atoms with van der Waals surface area (Å²) in [5.74, 6) is -0.124. The number of amides is 1. The van der Waals surface area contributed by atoms with Crippen LogP contribution >= 0.6 is 35.4 Å². The van der Waals surface area contributed by atoms with E-state index in [2.05, 4.69) is 27.8 Å². The first kappa shape index (κ1) is 30.1. The Hall–Kier alpha value is -3.90. The van der Waals surface area contributed by atoms with Gasteiger partial charge in [0.2, 0.25) is 5.91 Å². The maximum absolute atomic E-state index is 12.9. The predicted octanol–water partition coefficient (Wildman–Crippen LogP) is 6.28. The van der Waals surface area contributed by atoms with Gasteiger partial charge in [-0.15, -0.1) is 0 Å². The fraction of sp³-hybridized carbons (Fsp3) is 0.226. The topological polar surface area (TPSA) is 86.0 Å². The van der Waals surface area contributed by atoms with Crippen molar-refractivity contribution in [2.75, 3.05) is 18.4 Å². The highest BCUT2D eigenvalue weighted by atomic mass is 35.5. The summed E-state index contributed by atoms with van der Waals surface area (Å²) in [5, 5.41) is 16.8. The first-order chi connectivity index (χ1) is 19.7. The summed E-state index contributed by atoms with van der Waals surface area (Å²) in [6.45, 7) is 5.88. The van der Waals surface area contributed by atoms with E-state index in [4.69, 9.17) is 40.7 Å². The number of imidazole rings is 1. The van der Waals surface area contributed by atoms with E-state index in [0.29, 0.717) is 46.9 Å². The molecule has 0 bridgehead atoms. The van der Waals surface area contributed by atoms with Crippen molar-refractivity contribution in [2.24, 2.45) is 0 Å². The van der Waals surface area contributed by atoms with Gasteiger partial charge in [-0.3, -0.25) is 4.79 Å². The summed E-state index contributed by atoms with van der Waals surface area (Å²) in [6, 6.07) is 21.1. The number of nitriles is 1. The Morgan fingerprint density at radius 2 is 1.90 bits per heavy atom. The zero-order valence-electron chi connectivity index (χ0n) is 22.8. The molecule has 41 heavy (non-hydrogen) atoms. The average Bonchev–Trinajstić information content (AvgIpc) is 3.38. The summed E-state index contributed by atoms with van der Waals surface area (Å²) in [6.07, 6.45) is 3.58. The van der Waals surface area contributed by atoms with Crippen LogP contribution in [-0.4, -0.2) is 38.6 Å². The zero-order valence-corrected chi connectivity index (χ0v) is 25.2. The minimum absolute atomic E-state index is 0.124. The molecule has 1 amide bonds. The van der Waals surface area contributed by atoms with E-state index in [-0.39, 0.29) is 12.3 Å². The SMILES string of the molecule is Cc1ccc(NC(=S)N(CCNC(=O)Cc2cncn2Cc2ccc(C#N)cc2)Cc2cccc(Cl)c2Cl)c(C)c1. The highest BCUT2D eigenvalue weighted by Gasteiger charge is 2.16. The molecule has 0 aliphatic heterocycles. The molecule has 0 saturated heterocycles. The van der Waals surface area contributed by atoms with Crippen LogP contribution in [0, 0.1) is 25.2 Å². The number of hydrogen-bond donors (Lipinski definition) is 2. The number of carbonyl (C=O) groups excluding carboxylic acids is 1. The Morgan fingerprint density at radius 3 is 2.63 bits per heavy atom. The van der Waals surface area contributed by atoms with Gasteiger partial charge in [-0.25, -0.2) is 4.98 Å². The van der Waals surface area contributed by atoms with Crippen LogP contribution in [0.25, 0.3) is 0 Å². The Kier molecular flexibility index (Phi) is 10.4. The fourth-order valence-electron chi connectivity index (χ4n) is 4.35. The quantitative estimate of drug-likeness (QED) is 0.207. The van der Waals surface area contributed by atoms with Crippen molar-refractivity contribution in [3.63, 3.8) is 0 Å². The van der Waals surface area contributed by atoms with Gasteiger partial charge in [0.15, 0.2) is 5.11 Å². The number of benzene rings is 3. The number of rotatable bonds is 10. The molecular weight excluding hydrogens is 575 g/mol. The summed E-state index contributed by atoms with van der Waals surface area (Å²) in [5.41, 5.74) is 6.42. The average molecular weight is 606 g/mol. The lowest BCUT2D eigenvalue weighted by molar-refractivity contribution is -0.120. The van der Waals surface area contributed by atoms with Crippen LogP contribution in [0.5, 0.6) is 0 Å². The van der Waals surface area contributed by atoms with E-state index >= 15 is 0 Å². The molecule has 210 valence electrons. The van der Waals surface area contributed by atoms with Gasteiger partial charge in [0.1, 0.15) is 0 Å². The number of anilines is 1. The number of nitrogens with zero attached hydrogens (tertiary/aromatic N) is 4. The van der Waals surface area contributed by atoms with Crippen LogP contribution in [0.4, 0.5) is 5.69 Å². The van der Waals surface area contributed by atoms with Gasteiger partial charge in [0, 0.05) is 43.8 Å². The molecule has 0 aliphatic carbocycles.